The molecule has 0 fully saturated rings. The zero-order valence-electron chi connectivity index (χ0n) is 25.8. The van der Waals surface area contributed by atoms with Crippen LogP contribution in [0.15, 0.2) is 125 Å². The maximum Gasteiger partial charge on any atom is 0.272 e. The molecule has 0 bridgehead atoms. The Balaban J connectivity index is 1.30. The Morgan fingerprint density at radius 1 is 0.894 bits per heavy atom. The van der Waals surface area contributed by atoms with Crippen LogP contribution in [-0.2, 0) is 9.59 Å². The van der Waals surface area contributed by atoms with Gasteiger partial charge < -0.3 is 16.0 Å². The van der Waals surface area contributed by atoms with E-state index in [0.29, 0.717) is 28.2 Å². The molecule has 1 unspecified atom stereocenters. The lowest BCUT2D eigenvalue weighted by Crippen LogP contribution is -2.30. The molecule has 0 aliphatic carbocycles. The summed E-state index contributed by atoms with van der Waals surface area (Å²) in [4.78, 5) is 40.7. The minimum absolute atomic E-state index is 0.0902. The number of aryl methyl sites for hydroxylation is 1. The third-order valence-electron chi connectivity index (χ3n) is 7.14. The second-order valence-electron chi connectivity index (χ2n) is 10.6. The smallest absolute Gasteiger partial charge is 0.272 e. The Hall–Kier alpha value is -5.43. The van der Waals surface area contributed by atoms with E-state index < -0.39 is 17.1 Å². The van der Waals surface area contributed by atoms with Gasteiger partial charge >= 0.3 is 0 Å². The Morgan fingerprint density at radius 2 is 1.62 bits per heavy atom. The highest BCUT2D eigenvalue weighted by Crippen LogP contribution is 2.36. The number of carbonyl (C=O) groups is 3. The number of hydrogen-bond acceptors (Lipinski definition) is 6. The molecule has 47 heavy (non-hydrogen) atoms. The van der Waals surface area contributed by atoms with Gasteiger partial charge in [-0.3, -0.25) is 14.4 Å². The molecule has 0 aliphatic rings. The van der Waals surface area contributed by atoms with Crippen LogP contribution >= 0.6 is 23.1 Å². The lowest BCUT2D eigenvalue weighted by Gasteiger charge is -2.16. The Labute approximate surface area is 282 Å². The summed E-state index contributed by atoms with van der Waals surface area (Å²) >= 11 is 2.70. The Bertz CT molecular complexity index is 1960. The quantitative estimate of drug-likeness (QED) is 0.0975. The molecular weight excluding hydrogens is 625 g/mol. The second kappa shape index (κ2) is 15.7. The lowest BCUT2D eigenvalue weighted by atomic mass is 10.1. The van der Waals surface area contributed by atoms with E-state index in [2.05, 4.69) is 22.0 Å². The maximum atomic E-state index is 13.5. The summed E-state index contributed by atoms with van der Waals surface area (Å²) in [5, 5.41) is 20.5. The first kappa shape index (κ1) is 32.9. The topological polar surface area (TPSA) is 111 Å². The summed E-state index contributed by atoms with van der Waals surface area (Å²) in [7, 11) is 0. The van der Waals surface area contributed by atoms with Crippen LogP contribution in [0, 0.1) is 18.3 Å². The number of carbonyl (C=O) groups excluding carboxylic acids is 3. The highest BCUT2D eigenvalue weighted by molar-refractivity contribution is 8.00. The number of nitriles is 1. The van der Waals surface area contributed by atoms with Gasteiger partial charge in [-0.15, -0.1) is 23.1 Å². The van der Waals surface area contributed by atoms with E-state index in [-0.39, 0.29) is 11.6 Å². The molecule has 1 heterocycles. The summed E-state index contributed by atoms with van der Waals surface area (Å²) < 4.78 is 0. The van der Waals surface area contributed by atoms with Crippen molar-refractivity contribution in [2.45, 2.75) is 30.4 Å². The van der Waals surface area contributed by atoms with Crippen molar-refractivity contribution in [3.8, 4) is 17.2 Å². The van der Waals surface area contributed by atoms with Crippen molar-refractivity contribution in [1.29, 1.82) is 5.26 Å². The van der Waals surface area contributed by atoms with Crippen molar-refractivity contribution < 1.29 is 14.4 Å². The fourth-order valence-electron chi connectivity index (χ4n) is 4.78. The average Bonchev–Trinajstić information content (AvgIpc) is 3.50. The molecule has 9 heteroatoms. The molecule has 1 atom stereocenters. The molecule has 234 valence electrons. The van der Waals surface area contributed by atoms with Gasteiger partial charge in [-0.1, -0.05) is 91.3 Å². The molecule has 1 aromatic heterocycles. The van der Waals surface area contributed by atoms with Crippen LogP contribution in [-0.4, -0.2) is 23.0 Å². The SMILES string of the molecule is CCC(Sc1cccc(NC(=O)/C(=C\c2cccc(C)c2)NC(=O)c2ccccc2)c1)C(=O)Nc1scc(-c2ccccc2)c1C#N. The zero-order chi connectivity index (χ0) is 33.2. The van der Waals surface area contributed by atoms with Crippen LogP contribution in [0.25, 0.3) is 17.2 Å². The van der Waals surface area contributed by atoms with Crippen LogP contribution in [0.4, 0.5) is 10.7 Å². The Morgan fingerprint density at radius 3 is 2.32 bits per heavy atom. The van der Waals surface area contributed by atoms with Gasteiger partial charge in [-0.25, -0.2) is 0 Å². The highest BCUT2D eigenvalue weighted by atomic mass is 32.2. The normalized spacial score (nSPS) is 11.6. The molecule has 0 saturated heterocycles. The van der Waals surface area contributed by atoms with E-state index in [0.717, 1.165) is 27.1 Å². The monoisotopic (exact) mass is 656 g/mol. The van der Waals surface area contributed by atoms with Crippen molar-refractivity contribution in [3.63, 3.8) is 0 Å². The number of hydrogen-bond donors (Lipinski definition) is 3. The molecule has 3 amide bonds. The zero-order valence-corrected chi connectivity index (χ0v) is 27.5. The molecule has 7 nitrogen and oxygen atoms in total. The predicted molar refractivity (Wildman–Crippen MR) is 191 cm³/mol. The number of nitrogens with one attached hydrogen (secondary N) is 3. The molecule has 5 rings (SSSR count). The molecule has 0 aliphatic heterocycles. The first-order valence-electron chi connectivity index (χ1n) is 14.9. The van der Waals surface area contributed by atoms with Crippen LogP contribution in [0.5, 0.6) is 0 Å². The van der Waals surface area contributed by atoms with Crippen LogP contribution in [0.1, 0.15) is 40.4 Å². The van der Waals surface area contributed by atoms with Crippen molar-refractivity contribution in [2.24, 2.45) is 0 Å². The van der Waals surface area contributed by atoms with Crippen LogP contribution in [0.2, 0.25) is 0 Å². The minimum Gasteiger partial charge on any atom is -0.321 e. The second-order valence-corrected chi connectivity index (χ2v) is 12.8. The Kier molecular flexibility index (Phi) is 11.0. The van der Waals surface area contributed by atoms with E-state index >= 15 is 0 Å². The fraction of sp³-hybridized carbons (Fsp3) is 0.105. The van der Waals surface area contributed by atoms with E-state index in [1.807, 2.05) is 86.0 Å². The van der Waals surface area contributed by atoms with Gasteiger partial charge in [0.25, 0.3) is 11.8 Å². The van der Waals surface area contributed by atoms with Gasteiger partial charge in [-0.2, -0.15) is 5.26 Å². The van der Waals surface area contributed by atoms with E-state index in [4.69, 9.17) is 0 Å². The molecule has 0 spiro atoms. The number of thiophene rings is 1. The first-order valence-corrected chi connectivity index (χ1v) is 16.7. The molecule has 0 radical (unpaired) electrons. The standard InChI is InChI=1S/C38H32N4O3S2/c1-3-34(37(45)42-38-31(23-39)32(24-46-38)27-14-6-4-7-15-27)47-30-19-11-18-29(22-30)40-36(44)33(21-26-13-10-12-25(2)20-26)41-35(43)28-16-8-5-9-17-28/h4-22,24,34H,3H2,1-2H3,(H,40,44)(H,41,43)(H,42,45)/b33-21+. The maximum absolute atomic E-state index is 13.5. The van der Waals surface area contributed by atoms with Crippen molar-refractivity contribution in [2.75, 3.05) is 10.6 Å². The summed E-state index contributed by atoms with van der Waals surface area (Å²) in [5.74, 6) is -1.10. The van der Waals surface area contributed by atoms with Crippen molar-refractivity contribution >= 4 is 57.6 Å². The third kappa shape index (κ3) is 8.64. The largest absolute Gasteiger partial charge is 0.321 e. The van der Waals surface area contributed by atoms with Gasteiger partial charge in [-0.05, 0) is 60.9 Å². The van der Waals surface area contributed by atoms with Crippen molar-refractivity contribution in [3.05, 3.63) is 143 Å². The fourth-order valence-corrected chi connectivity index (χ4v) is 6.72. The number of benzene rings is 4. The molecule has 5 aromatic rings. The van der Waals surface area contributed by atoms with E-state index in [1.165, 1.54) is 23.1 Å². The van der Waals surface area contributed by atoms with Gasteiger partial charge in [0.2, 0.25) is 5.91 Å². The number of rotatable bonds is 11. The van der Waals surface area contributed by atoms with Crippen molar-refractivity contribution in [1.82, 2.24) is 5.32 Å². The summed E-state index contributed by atoms with van der Waals surface area (Å²) in [5.41, 5.74) is 4.96. The molecular formula is C38H32N4O3S2. The number of nitrogens with zero attached hydrogens (tertiary/aromatic N) is 1. The van der Waals surface area contributed by atoms with E-state index in [9.17, 15) is 19.6 Å². The lowest BCUT2D eigenvalue weighted by molar-refractivity contribution is -0.116. The molecule has 0 saturated carbocycles. The van der Waals surface area contributed by atoms with Gasteiger partial charge in [0, 0.05) is 27.1 Å². The summed E-state index contributed by atoms with van der Waals surface area (Å²) in [6.07, 6.45) is 2.18. The highest BCUT2D eigenvalue weighted by Gasteiger charge is 2.22. The first-order chi connectivity index (χ1) is 22.8. The average molecular weight is 657 g/mol. The molecule has 4 aromatic carbocycles. The predicted octanol–water partition coefficient (Wildman–Crippen LogP) is 8.51. The summed E-state index contributed by atoms with van der Waals surface area (Å²) in [6, 6.07) is 35.4. The number of anilines is 2. The van der Waals surface area contributed by atoms with Gasteiger partial charge in [0.1, 0.15) is 16.8 Å². The van der Waals surface area contributed by atoms with E-state index in [1.54, 1.807) is 48.5 Å². The minimum atomic E-state index is -0.487. The number of thioether (sulfide) groups is 1. The van der Waals surface area contributed by atoms with Crippen LogP contribution in [0.3, 0.4) is 0 Å². The van der Waals surface area contributed by atoms with Crippen LogP contribution < -0.4 is 16.0 Å². The summed E-state index contributed by atoms with van der Waals surface area (Å²) in [6.45, 7) is 3.88. The molecule has 3 N–H and O–H groups in total. The van der Waals surface area contributed by atoms with Gasteiger partial charge in [0.05, 0.1) is 10.8 Å². The third-order valence-corrected chi connectivity index (χ3v) is 9.39. The van der Waals surface area contributed by atoms with Gasteiger partial charge in [0.15, 0.2) is 0 Å². The number of amides is 3.